The van der Waals surface area contributed by atoms with Crippen LogP contribution in [0.3, 0.4) is 0 Å². The topological polar surface area (TPSA) is 65.2 Å². The van der Waals surface area contributed by atoms with Crippen molar-refractivity contribution in [3.8, 4) is 5.88 Å². The van der Waals surface area contributed by atoms with E-state index in [-0.39, 0.29) is 29.2 Å². The van der Waals surface area contributed by atoms with Crippen LogP contribution in [-0.2, 0) is 6.54 Å². The highest BCUT2D eigenvalue weighted by Gasteiger charge is 2.18. The Labute approximate surface area is 85.1 Å². The average Bonchev–Trinajstić information content (AvgIpc) is 2.26. The fourth-order valence-corrected chi connectivity index (χ4v) is 1.15. The lowest BCUT2D eigenvalue weighted by Crippen LogP contribution is -2.07. The van der Waals surface area contributed by atoms with Gasteiger partial charge in [0.05, 0.1) is 12.7 Å². The molecule has 0 spiro atoms. The van der Waals surface area contributed by atoms with Crippen molar-refractivity contribution in [3.05, 3.63) is 22.9 Å². The van der Waals surface area contributed by atoms with Crippen molar-refractivity contribution in [2.24, 2.45) is 5.73 Å². The molecule has 0 saturated heterocycles. The summed E-state index contributed by atoms with van der Waals surface area (Å²) in [6.45, 7) is -0.0230. The Balaban J connectivity index is 3.33. The third-order valence-corrected chi connectivity index (χ3v) is 1.89. The number of hydrogen-bond donors (Lipinski definition) is 1. The zero-order valence-corrected chi connectivity index (χ0v) is 8.04. The third kappa shape index (κ3) is 2.27. The third-order valence-electron chi connectivity index (χ3n) is 1.89. The Hall–Kier alpha value is -1.56. The zero-order valence-electron chi connectivity index (χ0n) is 8.04. The van der Waals surface area contributed by atoms with Gasteiger partial charge in [-0.05, 0) is 11.6 Å². The summed E-state index contributed by atoms with van der Waals surface area (Å²) in [5, 5.41) is 0. The molecule has 82 valence electrons. The maximum absolute atomic E-state index is 12.5. The number of alkyl halides is 2. The lowest BCUT2D eigenvalue weighted by atomic mass is 10.1. The van der Waals surface area contributed by atoms with E-state index < -0.39 is 6.43 Å². The number of nitrogens with two attached hydrogens (primary N) is 1. The van der Waals surface area contributed by atoms with Gasteiger partial charge in [-0.2, -0.15) is 0 Å². The van der Waals surface area contributed by atoms with Crippen LogP contribution in [0.4, 0.5) is 8.78 Å². The maximum Gasteiger partial charge on any atom is 0.269 e. The van der Waals surface area contributed by atoms with Crippen LogP contribution in [0.15, 0.2) is 6.07 Å². The molecule has 2 N–H and O–H groups in total. The molecule has 1 aromatic rings. The second-order valence-electron chi connectivity index (χ2n) is 2.75. The minimum absolute atomic E-state index is 0.0230. The Morgan fingerprint density at radius 3 is 2.73 bits per heavy atom. The molecule has 0 aliphatic heterocycles. The summed E-state index contributed by atoms with van der Waals surface area (Å²) in [5.74, 6) is -0.246. The Morgan fingerprint density at radius 2 is 2.33 bits per heavy atom. The lowest BCUT2D eigenvalue weighted by Gasteiger charge is -2.09. The SMILES string of the molecule is COc1nc(C=O)c(CN)cc1C(F)F. The van der Waals surface area contributed by atoms with Gasteiger partial charge in [0.1, 0.15) is 5.69 Å². The van der Waals surface area contributed by atoms with Crippen molar-refractivity contribution in [2.45, 2.75) is 13.0 Å². The van der Waals surface area contributed by atoms with Crippen molar-refractivity contribution in [1.82, 2.24) is 4.98 Å². The monoisotopic (exact) mass is 216 g/mol. The number of pyridine rings is 1. The summed E-state index contributed by atoms with van der Waals surface area (Å²) in [6, 6.07) is 1.14. The first-order chi connectivity index (χ1) is 7.13. The summed E-state index contributed by atoms with van der Waals surface area (Å²) >= 11 is 0. The van der Waals surface area contributed by atoms with E-state index >= 15 is 0 Å². The molecule has 0 saturated carbocycles. The smallest absolute Gasteiger partial charge is 0.269 e. The van der Waals surface area contributed by atoms with E-state index in [4.69, 9.17) is 5.73 Å². The molecule has 4 nitrogen and oxygen atoms in total. The number of aldehydes is 1. The van der Waals surface area contributed by atoms with E-state index in [1.165, 1.54) is 7.11 Å². The number of ether oxygens (including phenoxy) is 1. The highest BCUT2D eigenvalue weighted by atomic mass is 19.3. The van der Waals surface area contributed by atoms with Gasteiger partial charge in [-0.3, -0.25) is 4.79 Å². The molecule has 0 fully saturated rings. The first-order valence-corrected chi connectivity index (χ1v) is 4.15. The molecule has 0 atom stereocenters. The van der Waals surface area contributed by atoms with E-state index in [9.17, 15) is 13.6 Å². The number of methoxy groups -OCH3 is 1. The second-order valence-corrected chi connectivity index (χ2v) is 2.75. The molecule has 0 bridgehead atoms. The lowest BCUT2D eigenvalue weighted by molar-refractivity contribution is 0.111. The first kappa shape index (κ1) is 11.5. The van der Waals surface area contributed by atoms with Crippen molar-refractivity contribution < 1.29 is 18.3 Å². The number of nitrogens with zero attached hydrogens (tertiary/aromatic N) is 1. The van der Waals surface area contributed by atoms with Gasteiger partial charge in [-0.15, -0.1) is 0 Å². The van der Waals surface area contributed by atoms with Gasteiger partial charge >= 0.3 is 0 Å². The van der Waals surface area contributed by atoms with Crippen LogP contribution < -0.4 is 10.5 Å². The molecule has 6 heteroatoms. The molecule has 0 aliphatic rings. The summed E-state index contributed by atoms with van der Waals surface area (Å²) in [4.78, 5) is 14.2. The summed E-state index contributed by atoms with van der Waals surface area (Å²) in [6.07, 6.45) is -2.25. The predicted octanol–water partition coefficient (Wildman–Crippen LogP) is 1.30. The average molecular weight is 216 g/mol. The van der Waals surface area contributed by atoms with Crippen molar-refractivity contribution in [3.63, 3.8) is 0 Å². The van der Waals surface area contributed by atoms with Gasteiger partial charge in [0.15, 0.2) is 6.29 Å². The molecular formula is C9H10F2N2O2. The molecule has 0 amide bonds. The van der Waals surface area contributed by atoms with E-state index in [1.54, 1.807) is 0 Å². The van der Waals surface area contributed by atoms with Crippen LogP contribution in [0.25, 0.3) is 0 Å². The summed E-state index contributed by atoms with van der Waals surface area (Å²) in [5.41, 5.74) is 5.25. The number of carbonyl (C=O) groups is 1. The van der Waals surface area contributed by atoms with Crippen molar-refractivity contribution >= 4 is 6.29 Å². The van der Waals surface area contributed by atoms with E-state index in [0.29, 0.717) is 6.29 Å². The van der Waals surface area contributed by atoms with Crippen LogP contribution in [0.5, 0.6) is 5.88 Å². The van der Waals surface area contributed by atoms with E-state index in [2.05, 4.69) is 9.72 Å². The Kier molecular flexibility index (Phi) is 3.68. The number of hydrogen-bond acceptors (Lipinski definition) is 4. The molecule has 1 aromatic heterocycles. The zero-order chi connectivity index (χ0) is 11.4. The van der Waals surface area contributed by atoms with Crippen LogP contribution >= 0.6 is 0 Å². The maximum atomic E-state index is 12.5. The second kappa shape index (κ2) is 4.79. The number of rotatable bonds is 4. The molecular weight excluding hydrogens is 206 g/mol. The number of carbonyl (C=O) groups excluding carboxylic acids is 1. The standard InChI is InChI=1S/C9H10F2N2O2/c1-15-9-6(8(10)11)2-5(3-12)7(4-14)13-9/h2,4,8H,3,12H2,1H3. The summed E-state index contributed by atoms with van der Waals surface area (Å²) in [7, 11) is 1.21. The molecule has 0 radical (unpaired) electrons. The Morgan fingerprint density at radius 1 is 1.67 bits per heavy atom. The molecule has 15 heavy (non-hydrogen) atoms. The highest BCUT2D eigenvalue weighted by molar-refractivity contribution is 5.74. The highest BCUT2D eigenvalue weighted by Crippen LogP contribution is 2.28. The summed E-state index contributed by atoms with van der Waals surface area (Å²) < 4.78 is 29.7. The minimum Gasteiger partial charge on any atom is -0.481 e. The van der Waals surface area contributed by atoms with Crippen molar-refractivity contribution in [1.29, 1.82) is 0 Å². The quantitative estimate of drug-likeness (QED) is 0.770. The van der Waals surface area contributed by atoms with E-state index in [0.717, 1.165) is 6.07 Å². The molecule has 1 heterocycles. The van der Waals surface area contributed by atoms with Gasteiger partial charge in [0, 0.05) is 6.54 Å². The molecule has 0 aromatic carbocycles. The first-order valence-electron chi connectivity index (χ1n) is 4.15. The van der Waals surface area contributed by atoms with Gasteiger partial charge in [-0.1, -0.05) is 0 Å². The predicted molar refractivity (Wildman–Crippen MR) is 49.0 cm³/mol. The van der Waals surface area contributed by atoms with Crippen LogP contribution in [0, 0.1) is 0 Å². The Bertz CT molecular complexity index is 369. The molecule has 0 unspecified atom stereocenters. The molecule has 0 aliphatic carbocycles. The van der Waals surface area contributed by atoms with Gasteiger partial charge in [0.25, 0.3) is 6.43 Å². The van der Waals surface area contributed by atoms with Crippen LogP contribution in [0.1, 0.15) is 28.0 Å². The minimum atomic E-state index is -2.71. The van der Waals surface area contributed by atoms with Gasteiger partial charge < -0.3 is 10.5 Å². The number of aromatic nitrogens is 1. The van der Waals surface area contributed by atoms with E-state index in [1.807, 2.05) is 0 Å². The van der Waals surface area contributed by atoms with Gasteiger partial charge in [-0.25, -0.2) is 13.8 Å². The number of halogens is 2. The largest absolute Gasteiger partial charge is 0.481 e. The normalized spacial score (nSPS) is 10.5. The van der Waals surface area contributed by atoms with Gasteiger partial charge in [0.2, 0.25) is 5.88 Å². The van der Waals surface area contributed by atoms with Crippen LogP contribution in [0.2, 0.25) is 0 Å². The fourth-order valence-electron chi connectivity index (χ4n) is 1.15. The molecule has 1 rings (SSSR count). The van der Waals surface area contributed by atoms with Crippen molar-refractivity contribution in [2.75, 3.05) is 7.11 Å². The fraction of sp³-hybridized carbons (Fsp3) is 0.333. The van der Waals surface area contributed by atoms with Crippen LogP contribution in [-0.4, -0.2) is 18.4 Å².